The molecule has 4 heteroatoms. The molecule has 30 heavy (non-hydrogen) atoms. The van der Waals surface area contributed by atoms with Crippen LogP contribution in [0, 0.1) is 35.1 Å². The van der Waals surface area contributed by atoms with Gasteiger partial charge < -0.3 is 0 Å². The van der Waals surface area contributed by atoms with Gasteiger partial charge in [0, 0.05) is 16.7 Å². The van der Waals surface area contributed by atoms with Crippen LogP contribution in [0.1, 0.15) is 36.0 Å². The van der Waals surface area contributed by atoms with Crippen LogP contribution < -0.4 is 0 Å². The molecular weight excluding hydrogens is 388 g/mol. The molecule has 0 saturated carbocycles. The van der Waals surface area contributed by atoms with Gasteiger partial charge in [0.1, 0.15) is 5.82 Å². The third-order valence-electron chi connectivity index (χ3n) is 4.69. The van der Waals surface area contributed by atoms with Gasteiger partial charge in [-0.3, -0.25) is 0 Å². The summed E-state index contributed by atoms with van der Waals surface area (Å²) in [4.78, 5) is 0. The number of allylic oxidation sites excluding steroid dienone is 1. The highest BCUT2D eigenvalue weighted by Gasteiger charge is 2.14. The quantitative estimate of drug-likeness (QED) is 0.133. The van der Waals surface area contributed by atoms with E-state index < -0.39 is 23.3 Å². The Hall–Kier alpha value is -3.32. The minimum Gasteiger partial charge on any atom is -0.206 e. The number of hydrogen-bond donors (Lipinski definition) is 0. The van der Waals surface area contributed by atoms with Crippen LogP contribution in [0.5, 0.6) is 0 Å². The zero-order valence-corrected chi connectivity index (χ0v) is 16.3. The molecule has 0 amide bonds. The molecule has 0 unspecified atom stereocenters. The zero-order valence-electron chi connectivity index (χ0n) is 16.3. The summed E-state index contributed by atoms with van der Waals surface area (Å²) >= 11 is 0. The lowest BCUT2D eigenvalue weighted by Crippen LogP contribution is -1.94. The van der Waals surface area contributed by atoms with Gasteiger partial charge in [-0.25, -0.2) is 17.6 Å². The normalized spacial score (nSPS) is 10.4. The fraction of sp³-hybridized carbons (Fsp3) is 0.154. The van der Waals surface area contributed by atoms with Crippen molar-refractivity contribution >= 4 is 0 Å². The molecule has 0 nitrogen and oxygen atoms in total. The average molecular weight is 408 g/mol. The van der Waals surface area contributed by atoms with Crippen LogP contribution in [0.3, 0.4) is 0 Å². The topological polar surface area (TPSA) is 0 Å². The molecule has 0 aromatic heterocycles. The highest BCUT2D eigenvalue weighted by atomic mass is 19.2. The number of rotatable bonds is 6. The highest BCUT2D eigenvalue weighted by molar-refractivity contribution is 5.65. The molecule has 0 fully saturated rings. The maximum Gasteiger partial charge on any atom is 0.194 e. The molecule has 0 spiro atoms. The number of unbranched alkanes of at least 4 members (excludes halogenated alkanes) is 2. The third kappa shape index (κ3) is 5.39. The largest absolute Gasteiger partial charge is 0.206 e. The first-order chi connectivity index (χ1) is 14.5. The van der Waals surface area contributed by atoms with E-state index in [9.17, 15) is 17.6 Å². The van der Waals surface area contributed by atoms with Crippen molar-refractivity contribution in [2.45, 2.75) is 25.7 Å². The monoisotopic (exact) mass is 408 g/mol. The van der Waals surface area contributed by atoms with Crippen LogP contribution in [0.4, 0.5) is 17.6 Å². The number of aryl methyl sites for hydroxylation is 1. The van der Waals surface area contributed by atoms with Crippen molar-refractivity contribution in [2.24, 2.45) is 0 Å². The van der Waals surface area contributed by atoms with E-state index in [-0.39, 0.29) is 11.1 Å². The molecule has 3 aromatic carbocycles. The van der Waals surface area contributed by atoms with E-state index in [1.165, 1.54) is 17.7 Å². The summed E-state index contributed by atoms with van der Waals surface area (Å²) in [6, 6.07) is 13.5. The predicted molar refractivity (Wildman–Crippen MR) is 112 cm³/mol. The van der Waals surface area contributed by atoms with Crippen molar-refractivity contribution in [3.63, 3.8) is 0 Å². The molecule has 0 radical (unpaired) electrons. The third-order valence-corrected chi connectivity index (χ3v) is 4.69. The molecule has 152 valence electrons. The molecule has 0 aliphatic carbocycles. The summed E-state index contributed by atoms with van der Waals surface area (Å²) in [5, 5.41) is 0. The minimum atomic E-state index is -1.58. The summed E-state index contributed by atoms with van der Waals surface area (Å²) in [6.07, 6.45) is 6.15. The van der Waals surface area contributed by atoms with Crippen molar-refractivity contribution in [1.29, 1.82) is 0 Å². The van der Waals surface area contributed by atoms with Crippen molar-refractivity contribution in [3.8, 4) is 23.0 Å². The second-order valence-electron chi connectivity index (χ2n) is 6.93. The fourth-order valence-corrected chi connectivity index (χ4v) is 3.05. The van der Waals surface area contributed by atoms with Gasteiger partial charge in [-0.1, -0.05) is 36.1 Å². The predicted octanol–water partition coefficient (Wildman–Crippen LogP) is 7.21. The Morgan fingerprint density at radius 3 is 2.00 bits per heavy atom. The minimum absolute atomic E-state index is 0.0286. The van der Waals surface area contributed by atoms with Crippen LogP contribution >= 0.6 is 0 Å². The lowest BCUT2D eigenvalue weighted by Gasteiger charge is -2.06. The van der Waals surface area contributed by atoms with Crippen molar-refractivity contribution in [2.75, 3.05) is 0 Å². The Balaban J connectivity index is 1.72. The number of benzene rings is 3. The molecule has 0 heterocycles. The van der Waals surface area contributed by atoms with Gasteiger partial charge in [0.2, 0.25) is 0 Å². The van der Waals surface area contributed by atoms with Crippen molar-refractivity contribution in [1.82, 2.24) is 0 Å². The number of halogens is 4. The first kappa shape index (κ1) is 21.4. The Kier molecular flexibility index (Phi) is 7.08. The van der Waals surface area contributed by atoms with Crippen LogP contribution in [-0.2, 0) is 6.42 Å². The van der Waals surface area contributed by atoms with Crippen LogP contribution in [0.2, 0.25) is 0 Å². The van der Waals surface area contributed by atoms with Gasteiger partial charge in [-0.05, 0) is 73.2 Å². The standard InChI is InChI=1S/C26H20F4/c1-2-3-4-5-6-18-7-9-19(10-8-18)11-12-20-13-14-22(23(27)15-20)21-16-24(28)26(30)25(29)17-21/h2,7-10,13-17H,1,3-6H2. The maximum atomic E-state index is 14.4. The lowest BCUT2D eigenvalue weighted by molar-refractivity contribution is 0.447. The second kappa shape index (κ2) is 9.93. The van der Waals surface area contributed by atoms with Crippen LogP contribution in [-0.4, -0.2) is 0 Å². The van der Waals surface area contributed by atoms with E-state index in [4.69, 9.17) is 0 Å². The molecule has 3 rings (SSSR count). The average Bonchev–Trinajstić information content (AvgIpc) is 2.74. The molecule has 0 aliphatic heterocycles. The zero-order chi connectivity index (χ0) is 21.5. The van der Waals surface area contributed by atoms with Gasteiger partial charge in [0.05, 0.1) is 0 Å². The summed E-state index contributed by atoms with van der Waals surface area (Å²) in [6.45, 7) is 3.72. The van der Waals surface area contributed by atoms with E-state index >= 15 is 0 Å². The first-order valence-corrected chi connectivity index (χ1v) is 9.64. The van der Waals surface area contributed by atoms with Gasteiger partial charge in [0.25, 0.3) is 0 Å². The molecule has 0 bridgehead atoms. The van der Waals surface area contributed by atoms with E-state index in [1.54, 1.807) is 6.07 Å². The highest BCUT2D eigenvalue weighted by Crippen LogP contribution is 2.26. The SMILES string of the molecule is C=CCCCCc1ccc(C#Cc2ccc(-c3cc(F)c(F)c(F)c3)c(F)c2)cc1. The maximum absolute atomic E-state index is 14.4. The lowest BCUT2D eigenvalue weighted by atomic mass is 10.0. The van der Waals surface area contributed by atoms with Gasteiger partial charge in [0.15, 0.2) is 17.5 Å². The van der Waals surface area contributed by atoms with Crippen LogP contribution in [0.25, 0.3) is 11.1 Å². The van der Waals surface area contributed by atoms with Gasteiger partial charge in [-0.15, -0.1) is 6.58 Å². The Labute approximate surface area is 173 Å². The summed E-state index contributed by atoms with van der Waals surface area (Å²) in [5.41, 5.74) is 2.36. The van der Waals surface area contributed by atoms with Gasteiger partial charge >= 0.3 is 0 Å². The summed E-state index contributed by atoms with van der Waals surface area (Å²) in [5.74, 6) is 0.861. The van der Waals surface area contributed by atoms with E-state index in [0.29, 0.717) is 5.56 Å². The van der Waals surface area contributed by atoms with E-state index in [1.807, 2.05) is 30.3 Å². The smallest absolute Gasteiger partial charge is 0.194 e. The molecule has 0 aliphatic rings. The molecule has 0 saturated heterocycles. The van der Waals surface area contributed by atoms with Gasteiger partial charge in [-0.2, -0.15) is 0 Å². The summed E-state index contributed by atoms with van der Waals surface area (Å²) < 4.78 is 54.4. The van der Waals surface area contributed by atoms with E-state index in [0.717, 1.165) is 43.4 Å². The van der Waals surface area contributed by atoms with E-state index in [2.05, 4.69) is 18.4 Å². The molecule has 0 N–H and O–H groups in total. The number of hydrogen-bond acceptors (Lipinski definition) is 0. The van der Waals surface area contributed by atoms with Crippen molar-refractivity contribution < 1.29 is 17.6 Å². The molecule has 0 atom stereocenters. The Morgan fingerprint density at radius 1 is 0.733 bits per heavy atom. The Morgan fingerprint density at radius 2 is 1.37 bits per heavy atom. The Bertz CT molecular complexity index is 1080. The molecule has 3 aromatic rings. The van der Waals surface area contributed by atoms with Crippen LogP contribution in [0.15, 0.2) is 67.3 Å². The molecular formula is C26H20F4. The first-order valence-electron chi connectivity index (χ1n) is 9.64. The van der Waals surface area contributed by atoms with Crippen molar-refractivity contribution in [3.05, 3.63) is 107 Å². The second-order valence-corrected chi connectivity index (χ2v) is 6.93. The fourth-order valence-electron chi connectivity index (χ4n) is 3.05. The summed E-state index contributed by atoms with van der Waals surface area (Å²) in [7, 11) is 0.